The van der Waals surface area contributed by atoms with Crippen molar-refractivity contribution in [1.82, 2.24) is 30.1 Å². The third-order valence-corrected chi connectivity index (χ3v) is 6.26. The normalized spacial score (nSPS) is 11.5. The Kier molecular flexibility index (Phi) is 4.14. The molecule has 6 aromatic rings. The molecule has 0 aliphatic rings. The summed E-state index contributed by atoms with van der Waals surface area (Å²) in [5.41, 5.74) is 9.08. The number of thiophene rings is 1. The summed E-state index contributed by atoms with van der Waals surface area (Å²) in [4.78, 5) is 16.9. The smallest absolute Gasteiger partial charge is 0.116 e. The van der Waals surface area contributed by atoms with Crippen LogP contribution in [0.1, 0.15) is 12.5 Å². The predicted molar refractivity (Wildman–Crippen MR) is 125 cm³/mol. The summed E-state index contributed by atoms with van der Waals surface area (Å²) in [6.07, 6.45) is 10.3. The molecule has 0 radical (unpaired) electrons. The first-order valence-electron chi connectivity index (χ1n) is 10.1. The van der Waals surface area contributed by atoms with E-state index in [0.29, 0.717) is 0 Å². The van der Waals surface area contributed by atoms with Gasteiger partial charge in [0.2, 0.25) is 0 Å². The van der Waals surface area contributed by atoms with Gasteiger partial charge >= 0.3 is 0 Å². The number of rotatable bonds is 4. The summed E-state index contributed by atoms with van der Waals surface area (Å²) in [6.45, 7) is 2.13. The van der Waals surface area contributed by atoms with E-state index in [1.807, 2.05) is 31.0 Å². The molecule has 150 valence electrons. The lowest BCUT2D eigenvalue weighted by Crippen LogP contribution is -1.88. The maximum atomic E-state index is 4.62. The van der Waals surface area contributed by atoms with Gasteiger partial charge in [0.05, 0.1) is 34.8 Å². The lowest BCUT2D eigenvalue weighted by atomic mass is 10.1. The Morgan fingerprint density at radius 2 is 1.84 bits per heavy atom. The Hall–Kier alpha value is -3.84. The monoisotopic (exact) mass is 422 g/mol. The van der Waals surface area contributed by atoms with Crippen LogP contribution in [0.3, 0.4) is 0 Å². The number of aromatic nitrogens is 6. The first-order valence-corrected chi connectivity index (χ1v) is 11.0. The van der Waals surface area contributed by atoms with E-state index in [9.17, 15) is 0 Å². The van der Waals surface area contributed by atoms with Crippen molar-refractivity contribution in [3.05, 3.63) is 71.6 Å². The highest BCUT2D eigenvalue weighted by atomic mass is 32.1. The molecule has 0 saturated carbocycles. The van der Waals surface area contributed by atoms with Crippen molar-refractivity contribution in [2.24, 2.45) is 0 Å². The molecular formula is C24H18N6S. The molecule has 0 spiro atoms. The van der Waals surface area contributed by atoms with Crippen molar-refractivity contribution in [3.63, 3.8) is 0 Å². The third kappa shape index (κ3) is 3.02. The first kappa shape index (κ1) is 18.0. The zero-order valence-electron chi connectivity index (χ0n) is 16.8. The van der Waals surface area contributed by atoms with Crippen LogP contribution in [0.15, 0.2) is 66.0 Å². The number of nitrogens with one attached hydrogen (secondary N) is 2. The number of aryl methyl sites for hydroxylation is 1. The predicted octanol–water partition coefficient (Wildman–Crippen LogP) is 5.85. The van der Waals surface area contributed by atoms with Crippen LogP contribution in [0, 0.1) is 0 Å². The minimum Gasteiger partial charge on any atom is -0.352 e. The van der Waals surface area contributed by atoms with Crippen LogP contribution in [0.25, 0.3) is 55.6 Å². The van der Waals surface area contributed by atoms with Crippen LogP contribution >= 0.6 is 11.3 Å². The molecule has 0 aromatic carbocycles. The minimum atomic E-state index is 0.866. The lowest BCUT2D eigenvalue weighted by molar-refractivity contribution is 1.10. The second kappa shape index (κ2) is 7.14. The van der Waals surface area contributed by atoms with Crippen molar-refractivity contribution in [1.29, 1.82) is 0 Å². The van der Waals surface area contributed by atoms with Crippen molar-refractivity contribution >= 4 is 33.1 Å². The van der Waals surface area contributed by atoms with Crippen molar-refractivity contribution in [2.75, 3.05) is 0 Å². The van der Waals surface area contributed by atoms with E-state index in [1.54, 1.807) is 11.3 Å². The molecule has 6 nitrogen and oxygen atoms in total. The Balaban J connectivity index is 1.50. The van der Waals surface area contributed by atoms with Gasteiger partial charge in [0, 0.05) is 40.5 Å². The van der Waals surface area contributed by atoms with E-state index in [1.165, 1.54) is 11.1 Å². The molecule has 0 bridgehead atoms. The van der Waals surface area contributed by atoms with E-state index >= 15 is 0 Å². The average molecular weight is 423 g/mol. The van der Waals surface area contributed by atoms with Gasteiger partial charge in [-0.3, -0.25) is 20.1 Å². The Bertz CT molecular complexity index is 1530. The average Bonchev–Trinajstić information content (AvgIpc) is 3.57. The van der Waals surface area contributed by atoms with E-state index in [2.05, 4.69) is 72.1 Å². The molecule has 6 heterocycles. The molecule has 7 heteroatoms. The van der Waals surface area contributed by atoms with Crippen LogP contribution < -0.4 is 0 Å². The van der Waals surface area contributed by atoms with Crippen molar-refractivity contribution in [2.45, 2.75) is 13.3 Å². The largest absolute Gasteiger partial charge is 0.352 e. The number of fused-ring (bicyclic) bond motifs is 2. The van der Waals surface area contributed by atoms with E-state index in [4.69, 9.17) is 0 Å². The second-order valence-electron chi connectivity index (χ2n) is 7.47. The highest BCUT2D eigenvalue weighted by Crippen LogP contribution is 2.34. The van der Waals surface area contributed by atoms with E-state index in [-0.39, 0.29) is 0 Å². The third-order valence-electron chi connectivity index (χ3n) is 5.58. The Labute approximate surface area is 182 Å². The summed E-state index contributed by atoms with van der Waals surface area (Å²) < 4.78 is 0. The molecule has 0 fully saturated rings. The molecule has 0 aliphatic heterocycles. The van der Waals surface area contributed by atoms with Gasteiger partial charge in [-0.15, -0.1) is 0 Å². The highest BCUT2D eigenvalue weighted by Gasteiger charge is 2.15. The van der Waals surface area contributed by atoms with Gasteiger partial charge in [0.1, 0.15) is 5.69 Å². The maximum Gasteiger partial charge on any atom is 0.116 e. The molecule has 2 N–H and O–H groups in total. The van der Waals surface area contributed by atoms with Crippen LogP contribution in [-0.2, 0) is 6.42 Å². The molecule has 31 heavy (non-hydrogen) atoms. The molecule has 0 atom stereocenters. The fourth-order valence-corrected chi connectivity index (χ4v) is 4.58. The molecule has 0 unspecified atom stereocenters. The summed E-state index contributed by atoms with van der Waals surface area (Å²) in [7, 11) is 0. The molecule has 0 amide bonds. The maximum absolute atomic E-state index is 4.62. The zero-order valence-corrected chi connectivity index (χ0v) is 17.6. The van der Waals surface area contributed by atoms with Crippen LogP contribution in [-0.4, -0.2) is 30.1 Å². The van der Waals surface area contributed by atoms with Gasteiger partial charge < -0.3 is 4.98 Å². The fourth-order valence-electron chi connectivity index (χ4n) is 3.93. The number of aromatic amines is 2. The quantitative estimate of drug-likeness (QED) is 0.373. The van der Waals surface area contributed by atoms with Crippen molar-refractivity contribution < 1.29 is 0 Å². The SMILES string of the molecule is CCc1cncc(-c2cc3c(-c4cc5c(-c6ccsc6)cncc5[nH]4)n[nH]c3cn2)c1. The van der Waals surface area contributed by atoms with E-state index in [0.717, 1.165) is 56.4 Å². The number of pyridine rings is 3. The number of hydrogen-bond acceptors (Lipinski definition) is 5. The summed E-state index contributed by atoms with van der Waals surface area (Å²) in [5.74, 6) is 0. The second-order valence-corrected chi connectivity index (χ2v) is 8.25. The molecule has 6 rings (SSSR count). The topological polar surface area (TPSA) is 83.1 Å². The fraction of sp³-hybridized carbons (Fsp3) is 0.0833. The Morgan fingerprint density at radius 1 is 0.903 bits per heavy atom. The molecule has 0 aliphatic carbocycles. The first-order chi connectivity index (χ1) is 15.3. The van der Waals surface area contributed by atoms with Crippen molar-refractivity contribution in [3.8, 4) is 33.8 Å². The summed E-state index contributed by atoms with van der Waals surface area (Å²) in [6, 6.07) is 8.49. The number of nitrogens with zero attached hydrogens (tertiary/aromatic N) is 4. The van der Waals surface area contributed by atoms with Gasteiger partial charge in [-0.25, -0.2) is 0 Å². The molecule has 6 aromatic heterocycles. The zero-order chi connectivity index (χ0) is 20.8. The molecule has 0 saturated heterocycles. The van der Waals surface area contributed by atoms with Crippen LogP contribution in [0.5, 0.6) is 0 Å². The van der Waals surface area contributed by atoms with Gasteiger partial charge in [-0.1, -0.05) is 6.92 Å². The lowest BCUT2D eigenvalue weighted by Gasteiger charge is -2.03. The van der Waals surface area contributed by atoms with Gasteiger partial charge in [-0.05, 0) is 52.6 Å². The van der Waals surface area contributed by atoms with E-state index < -0.39 is 0 Å². The standard InChI is InChI=1S/C24H18N6S/c1-2-14-5-16(9-25-8-14)20-7-18-23(12-27-20)29-30-24(18)21-6-17-19(15-3-4-31-13-15)10-26-11-22(17)28-21/h3-13,28H,2H2,1H3,(H,29,30). The van der Waals surface area contributed by atoms with Crippen LogP contribution in [0.4, 0.5) is 0 Å². The summed E-state index contributed by atoms with van der Waals surface area (Å²) >= 11 is 1.68. The molecular weight excluding hydrogens is 404 g/mol. The van der Waals surface area contributed by atoms with Gasteiger partial charge in [0.15, 0.2) is 0 Å². The Morgan fingerprint density at radius 3 is 2.71 bits per heavy atom. The summed E-state index contributed by atoms with van der Waals surface area (Å²) in [5, 5.41) is 14.1. The highest BCUT2D eigenvalue weighted by molar-refractivity contribution is 7.08. The van der Waals surface area contributed by atoms with Gasteiger partial charge in [-0.2, -0.15) is 16.4 Å². The van der Waals surface area contributed by atoms with Crippen LogP contribution in [0.2, 0.25) is 0 Å². The number of hydrogen-bond donors (Lipinski definition) is 2. The number of H-pyrrole nitrogens is 2. The minimum absolute atomic E-state index is 0.866. The van der Waals surface area contributed by atoms with Gasteiger partial charge in [0.25, 0.3) is 0 Å².